The molecule has 0 aliphatic carbocycles. The van der Waals surface area contributed by atoms with Gasteiger partial charge in [0.2, 0.25) is 0 Å². The maximum absolute atomic E-state index is 4.61. The minimum atomic E-state index is 0.883. The van der Waals surface area contributed by atoms with Gasteiger partial charge < -0.3 is 5.32 Å². The number of anilines is 1. The summed E-state index contributed by atoms with van der Waals surface area (Å²) >= 11 is 1.68. The van der Waals surface area contributed by atoms with Gasteiger partial charge in [-0.3, -0.25) is 0 Å². The predicted octanol–water partition coefficient (Wildman–Crippen LogP) is 3.93. The van der Waals surface area contributed by atoms with Gasteiger partial charge in [-0.25, -0.2) is 9.97 Å². The van der Waals surface area contributed by atoms with E-state index in [1.165, 1.54) is 10.5 Å². The van der Waals surface area contributed by atoms with Crippen molar-refractivity contribution < 1.29 is 0 Å². The van der Waals surface area contributed by atoms with Gasteiger partial charge in [0, 0.05) is 24.4 Å². The van der Waals surface area contributed by atoms with E-state index in [2.05, 4.69) is 53.4 Å². The molecule has 2 aromatic rings. The molecule has 0 fully saturated rings. The zero-order valence-electron chi connectivity index (χ0n) is 11.6. The van der Waals surface area contributed by atoms with E-state index in [0.717, 1.165) is 29.5 Å². The van der Waals surface area contributed by atoms with Crippen LogP contribution in [0.15, 0.2) is 40.3 Å². The quantitative estimate of drug-likeness (QED) is 0.838. The summed E-state index contributed by atoms with van der Waals surface area (Å²) in [5.74, 6) is 1.79. The lowest BCUT2D eigenvalue weighted by atomic mass is 10.2. The number of hydrogen-bond donors (Lipinski definition) is 1. The number of nitrogens with one attached hydrogen (secondary N) is 1. The largest absolute Gasteiger partial charge is 0.373 e. The normalized spacial score (nSPS) is 10.5. The Labute approximate surface area is 118 Å². The summed E-state index contributed by atoms with van der Waals surface area (Å²) in [6.45, 7) is 4.24. The highest BCUT2D eigenvalue weighted by atomic mass is 32.2. The lowest BCUT2D eigenvalue weighted by molar-refractivity contribution is 0.811. The van der Waals surface area contributed by atoms with Gasteiger partial charge in [0.15, 0.2) is 0 Å². The minimum absolute atomic E-state index is 0.883. The molecule has 0 saturated carbocycles. The summed E-state index contributed by atoms with van der Waals surface area (Å²) in [5.41, 5.74) is 1.27. The second-order valence-electron chi connectivity index (χ2n) is 4.43. The van der Waals surface area contributed by atoms with Gasteiger partial charge in [0.1, 0.15) is 16.7 Å². The molecule has 0 saturated heterocycles. The molecule has 1 N–H and O–H groups in total. The number of aromatic nitrogens is 2. The Balaban J connectivity index is 2.26. The fraction of sp³-hybridized carbons (Fsp3) is 0.333. The highest BCUT2D eigenvalue weighted by molar-refractivity contribution is 7.99. The standard InChI is InChI=1S/C15H19N3S/c1-4-6-13-17-14(16-3)10-15(18-13)19-12-8-5-7-11(2)9-12/h5,7-10H,4,6H2,1-3H3,(H,16,17,18). The fourth-order valence-corrected chi connectivity index (χ4v) is 2.74. The van der Waals surface area contributed by atoms with Gasteiger partial charge in [-0.15, -0.1) is 0 Å². The van der Waals surface area contributed by atoms with Crippen molar-refractivity contribution in [1.82, 2.24) is 9.97 Å². The van der Waals surface area contributed by atoms with Gasteiger partial charge in [-0.2, -0.15) is 0 Å². The van der Waals surface area contributed by atoms with Crippen LogP contribution in [-0.2, 0) is 6.42 Å². The first-order valence-electron chi connectivity index (χ1n) is 6.51. The molecule has 0 aliphatic rings. The molecule has 0 atom stereocenters. The van der Waals surface area contributed by atoms with Crippen LogP contribution >= 0.6 is 11.8 Å². The summed E-state index contributed by atoms with van der Waals surface area (Å²) in [6.07, 6.45) is 1.97. The first kappa shape index (κ1) is 13.9. The van der Waals surface area contributed by atoms with Gasteiger partial charge in [0.05, 0.1) is 0 Å². The Bertz CT molecular complexity index is 555. The number of aryl methyl sites for hydroxylation is 2. The third kappa shape index (κ3) is 3.96. The first-order chi connectivity index (χ1) is 9.21. The summed E-state index contributed by atoms with van der Waals surface area (Å²) in [4.78, 5) is 10.3. The highest BCUT2D eigenvalue weighted by Gasteiger charge is 2.05. The molecule has 1 aromatic carbocycles. The Morgan fingerprint density at radius 3 is 2.74 bits per heavy atom. The average Bonchev–Trinajstić information content (AvgIpc) is 2.39. The van der Waals surface area contributed by atoms with Crippen LogP contribution in [0.25, 0.3) is 0 Å². The second-order valence-corrected chi connectivity index (χ2v) is 5.52. The first-order valence-corrected chi connectivity index (χ1v) is 7.33. The van der Waals surface area contributed by atoms with Crippen LogP contribution in [0.2, 0.25) is 0 Å². The molecule has 19 heavy (non-hydrogen) atoms. The third-order valence-electron chi connectivity index (χ3n) is 2.69. The zero-order valence-corrected chi connectivity index (χ0v) is 12.4. The van der Waals surface area contributed by atoms with Crippen molar-refractivity contribution in [3.63, 3.8) is 0 Å². The van der Waals surface area contributed by atoms with Crippen molar-refractivity contribution in [2.24, 2.45) is 0 Å². The number of benzene rings is 1. The molecule has 2 rings (SSSR count). The molecule has 3 nitrogen and oxygen atoms in total. The summed E-state index contributed by atoms with van der Waals surface area (Å²) < 4.78 is 0. The molecular weight excluding hydrogens is 254 g/mol. The predicted molar refractivity (Wildman–Crippen MR) is 80.9 cm³/mol. The molecule has 0 unspecified atom stereocenters. The monoisotopic (exact) mass is 273 g/mol. The Hall–Kier alpha value is -1.55. The molecule has 0 aliphatic heterocycles. The maximum Gasteiger partial charge on any atom is 0.132 e. The SMILES string of the molecule is CCCc1nc(NC)cc(Sc2cccc(C)c2)n1. The van der Waals surface area contributed by atoms with Crippen LogP contribution in [0.3, 0.4) is 0 Å². The van der Waals surface area contributed by atoms with Gasteiger partial charge >= 0.3 is 0 Å². The van der Waals surface area contributed by atoms with Crippen molar-refractivity contribution in [2.75, 3.05) is 12.4 Å². The molecular formula is C15H19N3S. The smallest absolute Gasteiger partial charge is 0.132 e. The number of nitrogens with zero attached hydrogens (tertiary/aromatic N) is 2. The lowest BCUT2D eigenvalue weighted by Crippen LogP contribution is -2.01. The van der Waals surface area contributed by atoms with Crippen molar-refractivity contribution in [3.05, 3.63) is 41.7 Å². The van der Waals surface area contributed by atoms with Crippen LogP contribution in [0.4, 0.5) is 5.82 Å². The van der Waals surface area contributed by atoms with Crippen LogP contribution in [-0.4, -0.2) is 17.0 Å². The summed E-state index contributed by atoms with van der Waals surface area (Å²) in [5, 5.41) is 4.09. The molecule has 4 heteroatoms. The molecule has 0 spiro atoms. The number of hydrogen-bond acceptors (Lipinski definition) is 4. The van der Waals surface area contributed by atoms with Crippen molar-refractivity contribution >= 4 is 17.6 Å². The van der Waals surface area contributed by atoms with Crippen LogP contribution in [0, 0.1) is 6.92 Å². The summed E-state index contributed by atoms with van der Waals surface area (Å²) in [6, 6.07) is 10.5. The number of rotatable bonds is 5. The van der Waals surface area contributed by atoms with Gasteiger partial charge in [-0.05, 0) is 25.5 Å². The molecule has 0 amide bonds. The van der Waals surface area contributed by atoms with E-state index in [4.69, 9.17) is 0 Å². The van der Waals surface area contributed by atoms with Crippen molar-refractivity contribution in [2.45, 2.75) is 36.6 Å². The minimum Gasteiger partial charge on any atom is -0.373 e. The van der Waals surface area contributed by atoms with Crippen LogP contribution in [0.1, 0.15) is 24.7 Å². The van der Waals surface area contributed by atoms with Crippen molar-refractivity contribution in [1.29, 1.82) is 0 Å². The molecule has 100 valence electrons. The molecule has 0 bridgehead atoms. The van der Waals surface area contributed by atoms with Crippen molar-refractivity contribution in [3.8, 4) is 0 Å². The highest BCUT2D eigenvalue weighted by Crippen LogP contribution is 2.28. The Morgan fingerprint density at radius 2 is 2.05 bits per heavy atom. The third-order valence-corrected chi connectivity index (χ3v) is 3.60. The van der Waals surface area contributed by atoms with E-state index in [9.17, 15) is 0 Å². The Morgan fingerprint density at radius 1 is 1.21 bits per heavy atom. The van der Waals surface area contributed by atoms with E-state index in [-0.39, 0.29) is 0 Å². The molecule has 1 aromatic heterocycles. The van der Waals surface area contributed by atoms with E-state index in [1.807, 2.05) is 13.1 Å². The topological polar surface area (TPSA) is 37.8 Å². The molecule has 0 radical (unpaired) electrons. The summed E-state index contributed by atoms with van der Waals surface area (Å²) in [7, 11) is 1.89. The van der Waals surface area contributed by atoms with E-state index >= 15 is 0 Å². The maximum atomic E-state index is 4.61. The molecule has 1 heterocycles. The van der Waals surface area contributed by atoms with E-state index < -0.39 is 0 Å². The average molecular weight is 273 g/mol. The second kappa shape index (κ2) is 6.57. The van der Waals surface area contributed by atoms with Gasteiger partial charge in [-0.1, -0.05) is 36.4 Å². The Kier molecular flexibility index (Phi) is 4.80. The fourth-order valence-electron chi connectivity index (χ4n) is 1.79. The van der Waals surface area contributed by atoms with Crippen LogP contribution in [0.5, 0.6) is 0 Å². The van der Waals surface area contributed by atoms with Crippen LogP contribution < -0.4 is 5.32 Å². The van der Waals surface area contributed by atoms with E-state index in [0.29, 0.717) is 0 Å². The lowest BCUT2D eigenvalue weighted by Gasteiger charge is -2.07. The zero-order chi connectivity index (χ0) is 13.7. The van der Waals surface area contributed by atoms with Gasteiger partial charge in [0.25, 0.3) is 0 Å². The van der Waals surface area contributed by atoms with E-state index in [1.54, 1.807) is 11.8 Å².